The first-order chi connectivity index (χ1) is 11.6. The molecule has 1 aromatic carbocycles. The lowest BCUT2D eigenvalue weighted by molar-refractivity contribution is -0.122. The zero-order valence-electron chi connectivity index (χ0n) is 13.8. The van der Waals surface area contributed by atoms with Crippen LogP contribution in [0, 0.1) is 0 Å². The van der Waals surface area contributed by atoms with Crippen molar-refractivity contribution < 1.29 is 4.79 Å². The van der Waals surface area contributed by atoms with Crippen LogP contribution < -0.4 is 10.7 Å². The van der Waals surface area contributed by atoms with Gasteiger partial charge in [0.25, 0.3) is 0 Å². The number of nitrogens with one attached hydrogen (secondary N) is 1. The van der Waals surface area contributed by atoms with E-state index in [9.17, 15) is 9.59 Å². The van der Waals surface area contributed by atoms with Gasteiger partial charge in [0.1, 0.15) is 6.54 Å². The van der Waals surface area contributed by atoms with Crippen LogP contribution in [-0.2, 0) is 11.3 Å². The van der Waals surface area contributed by atoms with Gasteiger partial charge in [-0.15, -0.1) is 0 Å². The average molecular weight is 347 g/mol. The van der Waals surface area contributed by atoms with E-state index in [1.54, 1.807) is 24.4 Å². The van der Waals surface area contributed by atoms with E-state index in [1.807, 2.05) is 4.57 Å². The van der Waals surface area contributed by atoms with E-state index in [1.165, 1.54) is 38.2 Å². The minimum Gasteiger partial charge on any atom is -0.352 e. The Morgan fingerprint density at radius 2 is 1.83 bits per heavy atom. The Kier molecular flexibility index (Phi) is 5.56. The van der Waals surface area contributed by atoms with Crippen molar-refractivity contribution in [2.24, 2.45) is 0 Å². The van der Waals surface area contributed by atoms with Gasteiger partial charge in [-0.1, -0.05) is 43.7 Å². The Morgan fingerprint density at radius 3 is 2.58 bits per heavy atom. The predicted molar refractivity (Wildman–Crippen MR) is 97.5 cm³/mol. The maximum absolute atomic E-state index is 12.4. The summed E-state index contributed by atoms with van der Waals surface area (Å²) < 4.78 is 1.81. The maximum atomic E-state index is 12.4. The number of rotatable bonds is 3. The molecule has 24 heavy (non-hydrogen) atoms. The number of carbonyl (C=O) groups excluding carboxylic acids is 1. The van der Waals surface area contributed by atoms with E-state index in [-0.39, 0.29) is 23.9 Å². The molecule has 0 bridgehead atoms. The second-order valence-corrected chi connectivity index (χ2v) is 7.02. The molecule has 1 N–H and O–H groups in total. The molecule has 0 spiro atoms. The number of benzene rings is 1. The van der Waals surface area contributed by atoms with Crippen LogP contribution in [0.15, 0.2) is 35.3 Å². The number of amides is 1. The number of aromatic nitrogens is 1. The molecule has 0 unspecified atom stereocenters. The first kappa shape index (κ1) is 17.0. The second-order valence-electron chi connectivity index (χ2n) is 6.58. The third-order valence-corrected chi connectivity index (χ3v) is 4.96. The van der Waals surface area contributed by atoms with Gasteiger partial charge >= 0.3 is 0 Å². The Balaban J connectivity index is 1.73. The lowest BCUT2D eigenvalue weighted by atomic mass is 9.97. The molecule has 0 aliphatic heterocycles. The number of carbonyl (C=O) groups is 1. The third kappa shape index (κ3) is 4.18. The Labute approximate surface area is 146 Å². The van der Waals surface area contributed by atoms with Gasteiger partial charge in [-0.2, -0.15) is 0 Å². The molecule has 1 aromatic heterocycles. The molecule has 0 radical (unpaired) electrons. The lowest BCUT2D eigenvalue weighted by Gasteiger charge is -2.21. The summed E-state index contributed by atoms with van der Waals surface area (Å²) in [6.07, 6.45) is 10.0. The fourth-order valence-electron chi connectivity index (χ4n) is 3.45. The molecule has 2 aromatic rings. The van der Waals surface area contributed by atoms with Gasteiger partial charge in [-0.3, -0.25) is 9.59 Å². The molecule has 4 nitrogen and oxygen atoms in total. The van der Waals surface area contributed by atoms with Crippen LogP contribution in [0.25, 0.3) is 10.9 Å². The Bertz CT molecular complexity index is 777. The highest BCUT2D eigenvalue weighted by Gasteiger charge is 2.15. The fraction of sp³-hybridized carbons (Fsp3) is 0.474. The third-order valence-electron chi connectivity index (χ3n) is 4.72. The van der Waals surface area contributed by atoms with Crippen LogP contribution >= 0.6 is 11.6 Å². The van der Waals surface area contributed by atoms with Crippen LogP contribution in [0.3, 0.4) is 0 Å². The van der Waals surface area contributed by atoms with Crippen molar-refractivity contribution in [1.29, 1.82) is 0 Å². The molecule has 3 rings (SSSR count). The maximum Gasteiger partial charge on any atom is 0.240 e. The van der Waals surface area contributed by atoms with Gasteiger partial charge in [0.2, 0.25) is 5.91 Å². The summed E-state index contributed by atoms with van der Waals surface area (Å²) >= 11 is 5.98. The number of hydrogen-bond acceptors (Lipinski definition) is 2. The summed E-state index contributed by atoms with van der Waals surface area (Å²) in [5, 5.41) is 4.23. The topological polar surface area (TPSA) is 51.1 Å². The van der Waals surface area contributed by atoms with E-state index < -0.39 is 0 Å². The molecular weight excluding hydrogens is 324 g/mol. The van der Waals surface area contributed by atoms with Crippen LogP contribution in [0.2, 0.25) is 5.02 Å². The number of halogens is 1. The van der Waals surface area contributed by atoms with Crippen molar-refractivity contribution in [3.05, 3.63) is 45.7 Å². The number of fused-ring (bicyclic) bond motifs is 1. The summed E-state index contributed by atoms with van der Waals surface area (Å²) in [7, 11) is 0. The minimum atomic E-state index is -0.0795. The highest BCUT2D eigenvalue weighted by Crippen LogP contribution is 2.18. The fourth-order valence-corrected chi connectivity index (χ4v) is 3.62. The molecule has 5 heteroatoms. The van der Waals surface area contributed by atoms with Crippen molar-refractivity contribution >= 4 is 28.4 Å². The van der Waals surface area contributed by atoms with Gasteiger partial charge in [-0.25, -0.2) is 0 Å². The summed E-state index contributed by atoms with van der Waals surface area (Å²) in [5.41, 5.74) is 0.656. The standard InChI is InChI=1S/C19H23ClN2O2/c20-14-8-9-17-16(12-14)18(23)10-11-22(17)13-19(24)21-15-6-4-2-1-3-5-7-15/h8-12,15H,1-7,13H2,(H,21,24). The highest BCUT2D eigenvalue weighted by molar-refractivity contribution is 6.31. The Morgan fingerprint density at radius 1 is 1.12 bits per heavy atom. The van der Waals surface area contributed by atoms with E-state index >= 15 is 0 Å². The lowest BCUT2D eigenvalue weighted by Crippen LogP contribution is -2.37. The number of pyridine rings is 1. The normalized spacial score (nSPS) is 16.5. The first-order valence-electron chi connectivity index (χ1n) is 8.71. The molecule has 1 amide bonds. The van der Waals surface area contributed by atoms with Gasteiger partial charge in [0, 0.05) is 28.7 Å². The second kappa shape index (κ2) is 7.84. The number of hydrogen-bond donors (Lipinski definition) is 1. The minimum absolute atomic E-state index is 0.000437. The molecule has 0 saturated heterocycles. The van der Waals surface area contributed by atoms with E-state index in [0.29, 0.717) is 10.4 Å². The van der Waals surface area contributed by atoms with E-state index in [2.05, 4.69) is 5.32 Å². The zero-order chi connectivity index (χ0) is 16.9. The van der Waals surface area contributed by atoms with Crippen LogP contribution in [-0.4, -0.2) is 16.5 Å². The van der Waals surface area contributed by atoms with Crippen LogP contribution in [0.4, 0.5) is 0 Å². The van der Waals surface area contributed by atoms with Crippen molar-refractivity contribution in [2.45, 2.75) is 57.5 Å². The average Bonchev–Trinajstić information content (AvgIpc) is 2.53. The van der Waals surface area contributed by atoms with Crippen LogP contribution in [0.1, 0.15) is 44.9 Å². The largest absolute Gasteiger partial charge is 0.352 e. The van der Waals surface area contributed by atoms with Crippen molar-refractivity contribution in [3.8, 4) is 0 Å². The van der Waals surface area contributed by atoms with Crippen LogP contribution in [0.5, 0.6) is 0 Å². The summed E-state index contributed by atoms with van der Waals surface area (Å²) in [6, 6.07) is 6.96. The number of nitrogens with zero attached hydrogens (tertiary/aromatic N) is 1. The summed E-state index contributed by atoms with van der Waals surface area (Å²) in [6.45, 7) is 0.217. The van der Waals surface area contributed by atoms with Crippen molar-refractivity contribution in [1.82, 2.24) is 9.88 Å². The molecule has 1 aliphatic rings. The van der Waals surface area contributed by atoms with Gasteiger partial charge in [-0.05, 0) is 31.0 Å². The van der Waals surface area contributed by atoms with Gasteiger partial charge in [0.15, 0.2) is 5.43 Å². The predicted octanol–water partition coefficient (Wildman–Crippen LogP) is 3.88. The molecule has 1 saturated carbocycles. The van der Waals surface area contributed by atoms with Gasteiger partial charge in [0.05, 0.1) is 5.52 Å². The van der Waals surface area contributed by atoms with E-state index in [0.717, 1.165) is 18.4 Å². The molecule has 1 heterocycles. The molecule has 1 fully saturated rings. The molecular formula is C19H23ClN2O2. The quantitative estimate of drug-likeness (QED) is 0.916. The van der Waals surface area contributed by atoms with E-state index in [4.69, 9.17) is 11.6 Å². The van der Waals surface area contributed by atoms with Crippen molar-refractivity contribution in [2.75, 3.05) is 0 Å². The summed E-state index contributed by atoms with van der Waals surface area (Å²) in [4.78, 5) is 24.4. The molecule has 128 valence electrons. The Hall–Kier alpha value is -1.81. The van der Waals surface area contributed by atoms with Gasteiger partial charge < -0.3 is 9.88 Å². The smallest absolute Gasteiger partial charge is 0.240 e. The zero-order valence-corrected chi connectivity index (χ0v) is 14.5. The first-order valence-corrected chi connectivity index (χ1v) is 9.09. The monoisotopic (exact) mass is 346 g/mol. The van der Waals surface area contributed by atoms with Crippen molar-refractivity contribution in [3.63, 3.8) is 0 Å². The SMILES string of the molecule is O=C(Cn1ccc(=O)c2cc(Cl)ccc21)NC1CCCCCCC1. The summed E-state index contributed by atoms with van der Waals surface area (Å²) in [5.74, 6) is 0.000437. The molecule has 1 aliphatic carbocycles. The highest BCUT2D eigenvalue weighted by atomic mass is 35.5. The molecule has 0 atom stereocenters.